The van der Waals surface area contributed by atoms with E-state index in [1.165, 1.54) is 4.90 Å². The van der Waals surface area contributed by atoms with Gasteiger partial charge in [-0.15, -0.1) is 0 Å². The number of aromatic amines is 1. The molecule has 0 bridgehead atoms. The molecule has 8 heteroatoms. The van der Waals surface area contributed by atoms with E-state index in [9.17, 15) is 18.4 Å². The smallest absolute Gasteiger partial charge is 0.258 e. The molecule has 0 radical (unpaired) electrons. The van der Waals surface area contributed by atoms with Crippen LogP contribution < -0.4 is 5.56 Å². The lowest BCUT2D eigenvalue weighted by atomic mass is 10.1. The summed E-state index contributed by atoms with van der Waals surface area (Å²) in [6.07, 6.45) is 1.49. The summed E-state index contributed by atoms with van der Waals surface area (Å²) in [7, 11) is 0. The minimum absolute atomic E-state index is 0.0170. The van der Waals surface area contributed by atoms with Crippen LogP contribution >= 0.6 is 0 Å². The molecule has 6 nitrogen and oxygen atoms in total. The number of halogens is 2. The van der Waals surface area contributed by atoms with E-state index in [4.69, 9.17) is 4.74 Å². The van der Waals surface area contributed by atoms with Gasteiger partial charge in [0.15, 0.2) is 0 Å². The fraction of sp³-hybridized carbons (Fsp3) is 0.286. The molecule has 1 saturated heterocycles. The van der Waals surface area contributed by atoms with Crippen molar-refractivity contribution in [2.75, 3.05) is 13.2 Å². The van der Waals surface area contributed by atoms with Crippen molar-refractivity contribution in [1.82, 2.24) is 14.9 Å². The van der Waals surface area contributed by atoms with Gasteiger partial charge >= 0.3 is 0 Å². The van der Waals surface area contributed by atoms with E-state index in [0.29, 0.717) is 23.6 Å². The Bertz CT molecular complexity index is 1090. The van der Waals surface area contributed by atoms with Crippen molar-refractivity contribution in [3.05, 3.63) is 75.8 Å². The maximum Gasteiger partial charge on any atom is 0.258 e. The molecule has 0 aliphatic carbocycles. The summed E-state index contributed by atoms with van der Waals surface area (Å²) in [6.45, 7) is 0.816. The van der Waals surface area contributed by atoms with Crippen LogP contribution in [0.3, 0.4) is 0 Å². The monoisotopic (exact) mass is 399 g/mol. The molecule has 1 amide bonds. The standard InChI is InChI=1S/C21H19F2N3O3/c22-14-8-13(9-15(23)10-14)21(28)26(11-16-4-3-7-29-16)12-19-24-18-6-2-1-5-17(18)20(27)25-19/h1-2,5-6,8-10,16H,3-4,7,11-12H2,(H,24,25,27)/t16-/m0/s1. The van der Waals surface area contributed by atoms with E-state index in [2.05, 4.69) is 9.97 Å². The summed E-state index contributed by atoms with van der Waals surface area (Å²) in [5, 5.41) is 0.445. The van der Waals surface area contributed by atoms with Crippen LogP contribution in [0, 0.1) is 11.6 Å². The molecule has 1 aliphatic rings. The molecule has 150 valence electrons. The predicted molar refractivity (Wildman–Crippen MR) is 102 cm³/mol. The van der Waals surface area contributed by atoms with Gasteiger partial charge in [-0.2, -0.15) is 0 Å². The van der Waals surface area contributed by atoms with Gasteiger partial charge in [-0.3, -0.25) is 9.59 Å². The maximum atomic E-state index is 13.6. The largest absolute Gasteiger partial charge is 0.376 e. The van der Waals surface area contributed by atoms with Gasteiger partial charge in [0.1, 0.15) is 17.5 Å². The van der Waals surface area contributed by atoms with Gasteiger partial charge in [-0.05, 0) is 37.1 Å². The van der Waals surface area contributed by atoms with Gasteiger partial charge in [0, 0.05) is 24.8 Å². The van der Waals surface area contributed by atoms with Crippen LogP contribution in [0.15, 0.2) is 47.3 Å². The van der Waals surface area contributed by atoms with Crippen LogP contribution in [-0.4, -0.2) is 40.0 Å². The number of H-pyrrole nitrogens is 1. The molecule has 0 spiro atoms. The topological polar surface area (TPSA) is 75.3 Å². The number of ether oxygens (including phenoxy) is 1. The van der Waals surface area contributed by atoms with E-state index < -0.39 is 17.5 Å². The van der Waals surface area contributed by atoms with Gasteiger partial charge in [-0.1, -0.05) is 12.1 Å². The Labute approximate surface area is 165 Å². The number of para-hydroxylation sites is 1. The Morgan fingerprint density at radius 1 is 1.21 bits per heavy atom. The molecule has 1 aromatic heterocycles. The van der Waals surface area contributed by atoms with Gasteiger partial charge < -0.3 is 14.6 Å². The molecule has 1 atom stereocenters. The fourth-order valence-corrected chi connectivity index (χ4v) is 3.50. The summed E-state index contributed by atoms with van der Waals surface area (Å²) in [5.74, 6) is -1.93. The highest BCUT2D eigenvalue weighted by Crippen LogP contribution is 2.18. The minimum atomic E-state index is -0.831. The Morgan fingerprint density at radius 3 is 2.69 bits per heavy atom. The second-order valence-electron chi connectivity index (χ2n) is 7.01. The molecule has 4 rings (SSSR count). The highest BCUT2D eigenvalue weighted by Gasteiger charge is 2.25. The molecule has 1 aliphatic heterocycles. The van der Waals surface area contributed by atoms with Gasteiger partial charge in [0.05, 0.1) is 23.6 Å². The summed E-state index contributed by atoms with van der Waals surface area (Å²) in [6, 6.07) is 9.57. The van der Waals surface area contributed by atoms with Crippen molar-refractivity contribution in [3.8, 4) is 0 Å². The number of fused-ring (bicyclic) bond motifs is 1. The van der Waals surface area contributed by atoms with Crippen molar-refractivity contribution in [2.24, 2.45) is 0 Å². The Kier molecular flexibility index (Phi) is 5.35. The molecule has 2 heterocycles. The van der Waals surface area contributed by atoms with E-state index in [1.807, 2.05) is 0 Å². The summed E-state index contributed by atoms with van der Waals surface area (Å²) in [5.41, 5.74) is 0.0862. The molecule has 0 saturated carbocycles. The van der Waals surface area contributed by atoms with Crippen LogP contribution in [0.5, 0.6) is 0 Å². The van der Waals surface area contributed by atoms with Crippen molar-refractivity contribution in [3.63, 3.8) is 0 Å². The number of hydrogen-bond acceptors (Lipinski definition) is 4. The molecular weight excluding hydrogens is 380 g/mol. The van der Waals surface area contributed by atoms with Crippen molar-refractivity contribution in [2.45, 2.75) is 25.5 Å². The number of aromatic nitrogens is 2. The van der Waals surface area contributed by atoms with Crippen molar-refractivity contribution < 1.29 is 18.3 Å². The van der Waals surface area contributed by atoms with Gasteiger partial charge in [0.25, 0.3) is 11.5 Å². The zero-order valence-electron chi connectivity index (χ0n) is 15.5. The summed E-state index contributed by atoms with van der Waals surface area (Å²) >= 11 is 0. The van der Waals surface area contributed by atoms with E-state index in [1.54, 1.807) is 24.3 Å². The number of benzene rings is 2. The first kappa shape index (κ1) is 19.2. The van der Waals surface area contributed by atoms with Crippen molar-refractivity contribution in [1.29, 1.82) is 0 Å². The first-order chi connectivity index (χ1) is 14.0. The SMILES string of the molecule is O=C(c1cc(F)cc(F)c1)N(Cc1nc2ccccc2c(=O)[nH]1)C[C@@H]1CCCO1. The van der Waals surface area contributed by atoms with Crippen LogP contribution in [0.1, 0.15) is 29.0 Å². The molecular formula is C21H19F2N3O3. The lowest BCUT2D eigenvalue weighted by Crippen LogP contribution is -2.38. The molecule has 0 unspecified atom stereocenters. The quantitative estimate of drug-likeness (QED) is 0.716. The number of carbonyl (C=O) groups excluding carboxylic acids is 1. The third kappa shape index (κ3) is 4.32. The van der Waals surface area contributed by atoms with Crippen molar-refractivity contribution >= 4 is 16.8 Å². The number of amides is 1. The van der Waals surface area contributed by atoms with Gasteiger partial charge in [0.2, 0.25) is 0 Å². The molecule has 1 fully saturated rings. The van der Waals surface area contributed by atoms with E-state index >= 15 is 0 Å². The molecule has 29 heavy (non-hydrogen) atoms. The lowest BCUT2D eigenvalue weighted by molar-refractivity contribution is 0.0500. The van der Waals surface area contributed by atoms with Crippen LogP contribution in [0.4, 0.5) is 8.78 Å². The predicted octanol–water partition coefficient (Wildman–Crippen LogP) is 3.02. The maximum absolute atomic E-state index is 13.6. The Hall–Kier alpha value is -3.13. The highest BCUT2D eigenvalue weighted by atomic mass is 19.1. The minimum Gasteiger partial charge on any atom is -0.376 e. The Balaban J connectivity index is 1.66. The number of carbonyl (C=O) groups is 1. The summed E-state index contributed by atoms with van der Waals surface area (Å²) < 4.78 is 32.8. The van der Waals surface area contributed by atoms with Crippen LogP contribution in [0.2, 0.25) is 0 Å². The number of hydrogen-bond donors (Lipinski definition) is 1. The lowest BCUT2D eigenvalue weighted by Gasteiger charge is -2.25. The number of nitrogens with zero attached hydrogens (tertiary/aromatic N) is 2. The average molecular weight is 399 g/mol. The highest BCUT2D eigenvalue weighted by molar-refractivity contribution is 5.94. The zero-order valence-corrected chi connectivity index (χ0v) is 15.5. The second kappa shape index (κ2) is 8.08. The zero-order chi connectivity index (χ0) is 20.4. The van der Waals surface area contributed by atoms with E-state index in [0.717, 1.165) is 25.0 Å². The first-order valence-electron chi connectivity index (χ1n) is 9.34. The van der Waals surface area contributed by atoms with Crippen LogP contribution in [0.25, 0.3) is 10.9 Å². The first-order valence-corrected chi connectivity index (χ1v) is 9.34. The second-order valence-corrected chi connectivity index (χ2v) is 7.01. The molecule has 2 aromatic carbocycles. The number of nitrogens with one attached hydrogen (secondary N) is 1. The molecule has 3 aromatic rings. The summed E-state index contributed by atoms with van der Waals surface area (Å²) in [4.78, 5) is 33.8. The third-order valence-electron chi connectivity index (χ3n) is 4.85. The molecule has 1 N–H and O–H groups in total. The van der Waals surface area contributed by atoms with Crippen LogP contribution in [-0.2, 0) is 11.3 Å². The third-order valence-corrected chi connectivity index (χ3v) is 4.85. The fourth-order valence-electron chi connectivity index (χ4n) is 3.50. The average Bonchev–Trinajstić information content (AvgIpc) is 3.19. The Morgan fingerprint density at radius 2 is 1.97 bits per heavy atom. The number of rotatable bonds is 5. The van der Waals surface area contributed by atoms with E-state index in [-0.39, 0.29) is 36.1 Å². The van der Waals surface area contributed by atoms with Gasteiger partial charge in [-0.25, -0.2) is 13.8 Å². The normalized spacial score (nSPS) is 16.3.